The normalized spacial score (nSPS) is 24.2. The lowest BCUT2D eigenvalue weighted by Crippen LogP contribution is -2.45. The van der Waals surface area contributed by atoms with E-state index in [0.29, 0.717) is 6.54 Å². The number of hydrogen-bond donors (Lipinski definition) is 1. The molecule has 0 aromatic heterocycles. The van der Waals surface area contributed by atoms with Gasteiger partial charge in [0.1, 0.15) is 11.5 Å². The molecule has 1 atom stereocenters. The van der Waals surface area contributed by atoms with Crippen LogP contribution in [-0.2, 0) is 5.54 Å². The highest BCUT2D eigenvalue weighted by Crippen LogP contribution is 2.45. The van der Waals surface area contributed by atoms with Crippen LogP contribution >= 0.6 is 0 Å². The van der Waals surface area contributed by atoms with Gasteiger partial charge in [-0.15, -0.1) is 0 Å². The molecule has 1 saturated heterocycles. The zero-order valence-electron chi connectivity index (χ0n) is 11.4. The Hall–Kier alpha value is -1.26. The van der Waals surface area contributed by atoms with E-state index in [1.807, 2.05) is 18.2 Å². The first kappa shape index (κ1) is 13.2. The van der Waals surface area contributed by atoms with Crippen LogP contribution < -0.4 is 15.2 Å². The number of benzene rings is 1. The molecule has 0 amide bonds. The van der Waals surface area contributed by atoms with Gasteiger partial charge < -0.3 is 15.2 Å². The molecule has 4 nitrogen and oxygen atoms in total. The van der Waals surface area contributed by atoms with E-state index in [2.05, 4.69) is 11.9 Å². The summed E-state index contributed by atoms with van der Waals surface area (Å²) in [5.74, 6) is 1.71. The molecule has 0 radical (unpaired) electrons. The van der Waals surface area contributed by atoms with Crippen LogP contribution in [0.2, 0.25) is 0 Å². The zero-order valence-corrected chi connectivity index (χ0v) is 11.4. The van der Waals surface area contributed by atoms with Crippen LogP contribution in [0.1, 0.15) is 18.4 Å². The fourth-order valence-corrected chi connectivity index (χ4v) is 3.00. The van der Waals surface area contributed by atoms with Crippen molar-refractivity contribution >= 4 is 0 Å². The minimum absolute atomic E-state index is 0.169. The van der Waals surface area contributed by atoms with Crippen molar-refractivity contribution in [1.29, 1.82) is 0 Å². The Morgan fingerprint density at radius 2 is 1.89 bits per heavy atom. The largest absolute Gasteiger partial charge is 0.496 e. The number of nitrogens with zero attached hydrogens (tertiary/aromatic N) is 1. The maximum atomic E-state index is 6.09. The van der Waals surface area contributed by atoms with Crippen LogP contribution in [0.3, 0.4) is 0 Å². The highest BCUT2D eigenvalue weighted by atomic mass is 16.5. The first-order chi connectivity index (χ1) is 8.69. The zero-order chi connectivity index (χ0) is 13.2. The summed E-state index contributed by atoms with van der Waals surface area (Å²) in [7, 11) is 5.50. The van der Waals surface area contributed by atoms with Gasteiger partial charge in [-0.1, -0.05) is 6.07 Å². The Morgan fingerprint density at radius 3 is 2.28 bits per heavy atom. The van der Waals surface area contributed by atoms with Crippen LogP contribution in [0, 0.1) is 0 Å². The van der Waals surface area contributed by atoms with Crippen LogP contribution in [0.15, 0.2) is 18.2 Å². The van der Waals surface area contributed by atoms with Gasteiger partial charge in [0.2, 0.25) is 0 Å². The van der Waals surface area contributed by atoms with Crippen molar-refractivity contribution in [2.45, 2.75) is 18.4 Å². The maximum absolute atomic E-state index is 6.09. The number of nitrogens with two attached hydrogens (primary N) is 1. The van der Waals surface area contributed by atoms with Crippen LogP contribution in [-0.4, -0.2) is 39.3 Å². The van der Waals surface area contributed by atoms with Crippen molar-refractivity contribution in [2.75, 3.05) is 34.4 Å². The molecule has 1 heterocycles. The second-order valence-electron chi connectivity index (χ2n) is 4.80. The lowest BCUT2D eigenvalue weighted by molar-refractivity contribution is 0.172. The molecular formula is C14H22N2O2. The van der Waals surface area contributed by atoms with Gasteiger partial charge in [-0.05, 0) is 38.6 Å². The Morgan fingerprint density at radius 1 is 1.28 bits per heavy atom. The van der Waals surface area contributed by atoms with E-state index in [0.717, 1.165) is 36.4 Å². The van der Waals surface area contributed by atoms with Gasteiger partial charge in [0.15, 0.2) is 0 Å². The number of rotatable bonds is 4. The molecule has 1 aliphatic heterocycles. The lowest BCUT2D eigenvalue weighted by atomic mass is 9.86. The third-order valence-corrected chi connectivity index (χ3v) is 4.05. The summed E-state index contributed by atoms with van der Waals surface area (Å²) in [6.45, 7) is 1.62. The first-order valence-corrected chi connectivity index (χ1v) is 6.32. The quantitative estimate of drug-likeness (QED) is 0.881. The van der Waals surface area contributed by atoms with Crippen LogP contribution in [0.4, 0.5) is 0 Å². The van der Waals surface area contributed by atoms with E-state index in [1.54, 1.807) is 14.2 Å². The number of ether oxygens (including phenoxy) is 2. The van der Waals surface area contributed by atoms with Gasteiger partial charge in [0.25, 0.3) is 0 Å². The molecule has 0 spiro atoms. The summed E-state index contributed by atoms with van der Waals surface area (Å²) in [5, 5.41) is 0. The molecule has 2 N–H and O–H groups in total. The van der Waals surface area contributed by atoms with Crippen molar-refractivity contribution in [3.63, 3.8) is 0 Å². The smallest absolute Gasteiger partial charge is 0.127 e. The standard InChI is InChI=1S/C14H22N2O2/c1-16-9-5-8-14(16,10-15)13-11(17-2)6-4-7-12(13)18-3/h4,6-7H,5,8-10,15H2,1-3H3. The maximum Gasteiger partial charge on any atom is 0.127 e. The molecule has 0 aliphatic carbocycles. The topological polar surface area (TPSA) is 47.7 Å². The summed E-state index contributed by atoms with van der Waals surface area (Å²) in [5.41, 5.74) is 7.00. The Bertz CT molecular complexity index is 400. The molecule has 0 bridgehead atoms. The molecule has 4 heteroatoms. The fraction of sp³-hybridized carbons (Fsp3) is 0.571. The van der Waals surface area contributed by atoms with Gasteiger partial charge in [-0.2, -0.15) is 0 Å². The predicted molar refractivity (Wildman–Crippen MR) is 72.1 cm³/mol. The molecule has 1 fully saturated rings. The molecule has 100 valence electrons. The molecule has 0 saturated carbocycles. The molecule has 1 aromatic rings. The average molecular weight is 250 g/mol. The average Bonchev–Trinajstić information content (AvgIpc) is 2.79. The number of likely N-dealkylation sites (tertiary alicyclic amines) is 1. The molecule has 1 aliphatic rings. The number of hydrogen-bond acceptors (Lipinski definition) is 4. The van der Waals surface area contributed by atoms with Crippen LogP contribution in [0.5, 0.6) is 11.5 Å². The Kier molecular flexibility index (Phi) is 3.78. The van der Waals surface area contributed by atoms with Gasteiger partial charge in [0, 0.05) is 6.54 Å². The van der Waals surface area contributed by atoms with Crippen molar-refractivity contribution in [1.82, 2.24) is 4.90 Å². The molecular weight excluding hydrogens is 228 g/mol. The Balaban J connectivity index is 2.60. The summed E-state index contributed by atoms with van der Waals surface area (Å²) >= 11 is 0. The third kappa shape index (κ3) is 1.85. The summed E-state index contributed by atoms with van der Waals surface area (Å²) in [6, 6.07) is 5.89. The second-order valence-corrected chi connectivity index (χ2v) is 4.80. The minimum atomic E-state index is -0.169. The predicted octanol–water partition coefficient (Wildman–Crippen LogP) is 1.58. The minimum Gasteiger partial charge on any atom is -0.496 e. The van der Waals surface area contributed by atoms with E-state index in [-0.39, 0.29) is 5.54 Å². The van der Waals surface area contributed by atoms with Crippen molar-refractivity contribution < 1.29 is 9.47 Å². The van der Waals surface area contributed by atoms with Crippen molar-refractivity contribution in [2.24, 2.45) is 5.73 Å². The SMILES string of the molecule is COc1cccc(OC)c1C1(CN)CCCN1C. The molecule has 1 aromatic carbocycles. The molecule has 18 heavy (non-hydrogen) atoms. The summed E-state index contributed by atoms with van der Waals surface area (Å²) in [6.07, 6.45) is 2.19. The van der Waals surface area contributed by atoms with E-state index in [4.69, 9.17) is 15.2 Å². The molecule has 1 unspecified atom stereocenters. The summed E-state index contributed by atoms with van der Waals surface area (Å²) < 4.78 is 11.0. The lowest BCUT2D eigenvalue weighted by Gasteiger charge is -2.37. The van der Waals surface area contributed by atoms with E-state index >= 15 is 0 Å². The summed E-state index contributed by atoms with van der Waals surface area (Å²) in [4.78, 5) is 2.31. The highest BCUT2D eigenvalue weighted by molar-refractivity contribution is 5.50. The number of methoxy groups -OCH3 is 2. The van der Waals surface area contributed by atoms with Gasteiger partial charge >= 0.3 is 0 Å². The van der Waals surface area contributed by atoms with Crippen LogP contribution in [0.25, 0.3) is 0 Å². The first-order valence-electron chi connectivity index (χ1n) is 6.32. The highest BCUT2D eigenvalue weighted by Gasteiger charge is 2.43. The number of likely N-dealkylation sites (N-methyl/N-ethyl adjacent to an activating group) is 1. The van der Waals surface area contributed by atoms with E-state index in [1.165, 1.54) is 0 Å². The second kappa shape index (κ2) is 5.16. The molecule has 2 rings (SSSR count). The monoisotopic (exact) mass is 250 g/mol. The fourth-order valence-electron chi connectivity index (χ4n) is 3.00. The van der Waals surface area contributed by atoms with Gasteiger partial charge in [-0.25, -0.2) is 0 Å². The third-order valence-electron chi connectivity index (χ3n) is 4.05. The van der Waals surface area contributed by atoms with Gasteiger partial charge in [-0.3, -0.25) is 4.90 Å². The van der Waals surface area contributed by atoms with Crippen molar-refractivity contribution in [3.05, 3.63) is 23.8 Å². The van der Waals surface area contributed by atoms with Gasteiger partial charge in [0.05, 0.1) is 25.3 Å². The van der Waals surface area contributed by atoms with E-state index < -0.39 is 0 Å². The Labute approximate surface area is 109 Å². The van der Waals surface area contributed by atoms with E-state index in [9.17, 15) is 0 Å². The van der Waals surface area contributed by atoms with Crippen molar-refractivity contribution in [3.8, 4) is 11.5 Å².